The van der Waals surface area contributed by atoms with E-state index in [4.69, 9.17) is 14.2 Å². The minimum atomic E-state index is -0.180. The zero-order chi connectivity index (χ0) is 12.7. The Balaban J connectivity index is 2.77. The van der Waals surface area contributed by atoms with E-state index < -0.39 is 0 Å². The van der Waals surface area contributed by atoms with Gasteiger partial charge in [-0.2, -0.15) is 0 Å². The first-order chi connectivity index (χ1) is 8.22. The number of ether oxygens (including phenoxy) is 3. The lowest BCUT2D eigenvalue weighted by Crippen LogP contribution is -2.28. The lowest BCUT2D eigenvalue weighted by Gasteiger charge is -2.13. The van der Waals surface area contributed by atoms with Gasteiger partial charge in [0, 0.05) is 6.54 Å². The maximum absolute atomic E-state index is 11.3. The second-order valence-electron chi connectivity index (χ2n) is 3.23. The standard InChI is InChI=1S/C12H17NO4/c1-4-13-11(14)8-17-12-9(15-2)6-5-7-10(12)16-3/h5-7H,4,8H2,1-3H3,(H,13,14). The van der Waals surface area contributed by atoms with Crippen LogP contribution in [0.1, 0.15) is 6.92 Å². The van der Waals surface area contributed by atoms with Gasteiger partial charge in [0.15, 0.2) is 18.1 Å². The number of methoxy groups -OCH3 is 2. The van der Waals surface area contributed by atoms with Gasteiger partial charge >= 0.3 is 0 Å². The van der Waals surface area contributed by atoms with E-state index in [-0.39, 0.29) is 12.5 Å². The van der Waals surface area contributed by atoms with Gasteiger partial charge in [-0.1, -0.05) is 6.07 Å². The summed E-state index contributed by atoms with van der Waals surface area (Å²) in [5, 5.41) is 2.65. The first-order valence-corrected chi connectivity index (χ1v) is 5.33. The van der Waals surface area contributed by atoms with Crippen LogP contribution in [0, 0.1) is 0 Å². The second-order valence-corrected chi connectivity index (χ2v) is 3.23. The number of carbonyl (C=O) groups excluding carboxylic acids is 1. The SMILES string of the molecule is CCNC(=O)COc1c(OC)cccc1OC. The van der Waals surface area contributed by atoms with Crippen LogP contribution in [-0.4, -0.2) is 33.3 Å². The number of nitrogens with one attached hydrogen (secondary N) is 1. The molecule has 0 radical (unpaired) electrons. The predicted octanol–water partition coefficient (Wildman–Crippen LogP) is 1.22. The third-order valence-electron chi connectivity index (χ3n) is 2.10. The maximum Gasteiger partial charge on any atom is 0.257 e. The Labute approximate surface area is 101 Å². The Morgan fingerprint density at radius 3 is 2.29 bits per heavy atom. The van der Waals surface area contributed by atoms with E-state index >= 15 is 0 Å². The van der Waals surface area contributed by atoms with E-state index in [0.717, 1.165) is 0 Å². The van der Waals surface area contributed by atoms with Crippen LogP contribution in [0.5, 0.6) is 17.2 Å². The van der Waals surface area contributed by atoms with Crippen LogP contribution in [0.25, 0.3) is 0 Å². The summed E-state index contributed by atoms with van der Waals surface area (Å²) >= 11 is 0. The van der Waals surface area contributed by atoms with Crippen LogP contribution in [0.3, 0.4) is 0 Å². The largest absolute Gasteiger partial charge is 0.493 e. The molecule has 0 fully saturated rings. The molecule has 5 nitrogen and oxygen atoms in total. The van der Waals surface area contributed by atoms with E-state index in [1.807, 2.05) is 6.92 Å². The highest BCUT2D eigenvalue weighted by Crippen LogP contribution is 2.36. The lowest BCUT2D eigenvalue weighted by atomic mass is 10.3. The van der Waals surface area contributed by atoms with E-state index in [2.05, 4.69) is 5.32 Å². The summed E-state index contributed by atoms with van der Waals surface area (Å²) in [7, 11) is 3.07. The molecule has 0 spiro atoms. The third kappa shape index (κ3) is 3.55. The summed E-state index contributed by atoms with van der Waals surface area (Å²) in [6.45, 7) is 2.36. The number of amides is 1. The Bertz CT molecular complexity index is 357. The van der Waals surface area contributed by atoms with Gasteiger partial charge in [-0.05, 0) is 19.1 Å². The fourth-order valence-corrected chi connectivity index (χ4v) is 1.35. The molecule has 0 bridgehead atoms. The molecule has 5 heteroatoms. The summed E-state index contributed by atoms with van der Waals surface area (Å²) in [6.07, 6.45) is 0. The van der Waals surface area contributed by atoms with Crippen molar-refractivity contribution in [3.8, 4) is 17.2 Å². The van der Waals surface area contributed by atoms with Crippen LogP contribution in [0.15, 0.2) is 18.2 Å². The van der Waals surface area contributed by atoms with E-state index in [1.54, 1.807) is 18.2 Å². The quantitative estimate of drug-likeness (QED) is 0.811. The van der Waals surface area contributed by atoms with Crippen molar-refractivity contribution in [3.63, 3.8) is 0 Å². The summed E-state index contributed by atoms with van der Waals surface area (Å²) in [5.41, 5.74) is 0. The van der Waals surface area contributed by atoms with Gasteiger partial charge in [0.25, 0.3) is 5.91 Å². The number of carbonyl (C=O) groups is 1. The van der Waals surface area contributed by atoms with Crippen molar-refractivity contribution in [2.75, 3.05) is 27.4 Å². The lowest BCUT2D eigenvalue weighted by molar-refractivity contribution is -0.123. The number of hydrogen-bond donors (Lipinski definition) is 1. The molecule has 1 aromatic carbocycles. The summed E-state index contributed by atoms with van der Waals surface area (Å²) in [6, 6.07) is 5.28. The topological polar surface area (TPSA) is 56.8 Å². The smallest absolute Gasteiger partial charge is 0.257 e. The van der Waals surface area contributed by atoms with E-state index in [1.165, 1.54) is 14.2 Å². The molecule has 0 aliphatic heterocycles. The molecule has 0 saturated carbocycles. The Morgan fingerprint density at radius 1 is 1.24 bits per heavy atom. The molecular formula is C12H17NO4. The second kappa shape index (κ2) is 6.62. The Morgan fingerprint density at radius 2 is 1.82 bits per heavy atom. The molecule has 1 aromatic rings. The summed E-state index contributed by atoms with van der Waals surface area (Å²) < 4.78 is 15.7. The molecule has 0 atom stereocenters. The van der Waals surface area contributed by atoms with Crippen LogP contribution >= 0.6 is 0 Å². The van der Waals surface area contributed by atoms with Crippen molar-refractivity contribution in [2.24, 2.45) is 0 Å². The van der Waals surface area contributed by atoms with Gasteiger partial charge in [0.1, 0.15) is 0 Å². The van der Waals surface area contributed by atoms with Crippen LogP contribution in [0.4, 0.5) is 0 Å². The highest BCUT2D eigenvalue weighted by atomic mass is 16.5. The van der Waals surface area contributed by atoms with Crippen molar-refractivity contribution < 1.29 is 19.0 Å². The predicted molar refractivity (Wildman–Crippen MR) is 63.7 cm³/mol. The first kappa shape index (κ1) is 13.2. The summed E-state index contributed by atoms with van der Waals surface area (Å²) in [4.78, 5) is 11.3. The van der Waals surface area contributed by atoms with Gasteiger partial charge in [-0.15, -0.1) is 0 Å². The van der Waals surface area contributed by atoms with Crippen molar-refractivity contribution in [1.29, 1.82) is 0 Å². The number of rotatable bonds is 6. The molecule has 0 aliphatic rings. The number of likely N-dealkylation sites (N-methyl/N-ethyl adjacent to an activating group) is 1. The monoisotopic (exact) mass is 239 g/mol. The molecule has 17 heavy (non-hydrogen) atoms. The zero-order valence-corrected chi connectivity index (χ0v) is 10.3. The highest BCUT2D eigenvalue weighted by Gasteiger charge is 2.12. The molecule has 1 amide bonds. The number of para-hydroxylation sites is 1. The normalized spacial score (nSPS) is 9.59. The summed E-state index contributed by atoms with van der Waals surface area (Å²) in [5.74, 6) is 1.33. The van der Waals surface area contributed by atoms with Gasteiger partial charge in [0.05, 0.1) is 14.2 Å². The fraction of sp³-hybridized carbons (Fsp3) is 0.417. The molecule has 94 valence electrons. The Hall–Kier alpha value is -1.91. The van der Waals surface area contributed by atoms with Crippen LogP contribution in [-0.2, 0) is 4.79 Å². The third-order valence-corrected chi connectivity index (χ3v) is 2.10. The molecular weight excluding hydrogens is 222 g/mol. The van der Waals surface area contributed by atoms with Crippen molar-refractivity contribution in [3.05, 3.63) is 18.2 Å². The van der Waals surface area contributed by atoms with Crippen molar-refractivity contribution in [1.82, 2.24) is 5.32 Å². The number of hydrogen-bond acceptors (Lipinski definition) is 4. The minimum absolute atomic E-state index is 0.0649. The van der Waals surface area contributed by atoms with Crippen molar-refractivity contribution >= 4 is 5.91 Å². The molecule has 0 heterocycles. The molecule has 0 aliphatic carbocycles. The van der Waals surface area contributed by atoms with Gasteiger partial charge in [-0.25, -0.2) is 0 Å². The van der Waals surface area contributed by atoms with Gasteiger partial charge in [0.2, 0.25) is 5.75 Å². The van der Waals surface area contributed by atoms with Crippen LogP contribution < -0.4 is 19.5 Å². The average Bonchev–Trinajstić information content (AvgIpc) is 2.36. The molecule has 1 rings (SSSR count). The zero-order valence-electron chi connectivity index (χ0n) is 10.3. The first-order valence-electron chi connectivity index (χ1n) is 5.33. The molecule has 0 aromatic heterocycles. The Kier molecular flexibility index (Phi) is 5.13. The van der Waals surface area contributed by atoms with E-state index in [0.29, 0.717) is 23.8 Å². The van der Waals surface area contributed by atoms with Crippen molar-refractivity contribution in [2.45, 2.75) is 6.92 Å². The minimum Gasteiger partial charge on any atom is -0.493 e. The average molecular weight is 239 g/mol. The molecule has 1 N–H and O–H groups in total. The van der Waals surface area contributed by atoms with E-state index in [9.17, 15) is 4.79 Å². The molecule has 0 saturated heterocycles. The maximum atomic E-state index is 11.3. The van der Waals surface area contributed by atoms with Crippen LogP contribution in [0.2, 0.25) is 0 Å². The fourth-order valence-electron chi connectivity index (χ4n) is 1.35. The highest BCUT2D eigenvalue weighted by molar-refractivity contribution is 5.77. The molecule has 0 unspecified atom stereocenters. The van der Waals surface area contributed by atoms with Gasteiger partial charge < -0.3 is 19.5 Å². The number of benzene rings is 1. The van der Waals surface area contributed by atoms with Gasteiger partial charge in [-0.3, -0.25) is 4.79 Å².